The molecule has 2 amide bonds. The van der Waals surface area contributed by atoms with Gasteiger partial charge in [-0.15, -0.1) is 0 Å². The van der Waals surface area contributed by atoms with Crippen molar-refractivity contribution in [1.29, 1.82) is 0 Å². The highest BCUT2D eigenvalue weighted by molar-refractivity contribution is 5.88. The number of carbonyl (C=O) groups excluding carboxylic acids is 2. The normalized spacial score (nSPS) is 16.9. The van der Waals surface area contributed by atoms with Gasteiger partial charge >= 0.3 is 0 Å². The molecule has 0 radical (unpaired) electrons. The molecule has 5 nitrogen and oxygen atoms in total. The smallest absolute Gasteiger partial charge is 0.249 e. The third kappa shape index (κ3) is 5.63. The minimum absolute atomic E-state index is 0.111. The minimum atomic E-state index is -0.541. The zero-order chi connectivity index (χ0) is 19.8. The van der Waals surface area contributed by atoms with Crippen molar-refractivity contribution in [2.45, 2.75) is 38.5 Å². The van der Waals surface area contributed by atoms with Crippen LogP contribution in [0.2, 0.25) is 0 Å². The summed E-state index contributed by atoms with van der Waals surface area (Å²) in [6, 6.07) is 15.1. The molecule has 1 unspecified atom stereocenters. The Morgan fingerprint density at radius 1 is 1.07 bits per heavy atom. The van der Waals surface area contributed by atoms with Crippen LogP contribution < -0.4 is 5.32 Å². The van der Waals surface area contributed by atoms with Crippen molar-refractivity contribution in [3.63, 3.8) is 0 Å². The molecule has 6 heteroatoms. The molecule has 2 aromatic rings. The first-order valence-electron chi connectivity index (χ1n) is 9.57. The fraction of sp³-hybridized carbons (Fsp3) is 0.364. The molecule has 3 rings (SSSR count). The highest BCUT2D eigenvalue weighted by Gasteiger charge is 2.30. The van der Waals surface area contributed by atoms with E-state index < -0.39 is 6.04 Å². The highest BCUT2D eigenvalue weighted by Crippen LogP contribution is 2.17. The van der Waals surface area contributed by atoms with E-state index in [0.717, 1.165) is 24.0 Å². The second-order valence-corrected chi connectivity index (χ2v) is 6.93. The zero-order valence-electron chi connectivity index (χ0n) is 15.8. The van der Waals surface area contributed by atoms with Crippen LogP contribution in [0, 0.1) is 5.82 Å². The van der Waals surface area contributed by atoms with E-state index in [1.54, 1.807) is 17.0 Å². The van der Waals surface area contributed by atoms with Crippen molar-refractivity contribution in [3.8, 4) is 0 Å². The lowest BCUT2D eigenvalue weighted by Crippen LogP contribution is -2.49. The van der Waals surface area contributed by atoms with Gasteiger partial charge in [0.1, 0.15) is 18.5 Å². The number of ether oxygens (including phenoxy) is 1. The number of nitrogens with one attached hydrogen (secondary N) is 1. The Kier molecular flexibility index (Phi) is 7.14. The summed E-state index contributed by atoms with van der Waals surface area (Å²) in [7, 11) is 0. The lowest BCUT2D eigenvalue weighted by atomic mass is 10.1. The van der Waals surface area contributed by atoms with Crippen LogP contribution in [-0.4, -0.2) is 35.9 Å². The van der Waals surface area contributed by atoms with E-state index in [9.17, 15) is 14.0 Å². The van der Waals surface area contributed by atoms with Crippen LogP contribution in [0.3, 0.4) is 0 Å². The first kappa shape index (κ1) is 20.0. The molecule has 0 aliphatic carbocycles. The molecule has 2 aromatic carbocycles. The first-order valence-corrected chi connectivity index (χ1v) is 9.57. The van der Waals surface area contributed by atoms with Crippen LogP contribution >= 0.6 is 0 Å². The van der Waals surface area contributed by atoms with E-state index in [2.05, 4.69) is 5.32 Å². The van der Waals surface area contributed by atoms with Gasteiger partial charge in [-0.3, -0.25) is 9.59 Å². The summed E-state index contributed by atoms with van der Waals surface area (Å²) in [5.41, 5.74) is 1.75. The summed E-state index contributed by atoms with van der Waals surface area (Å²) >= 11 is 0. The van der Waals surface area contributed by atoms with E-state index in [1.165, 1.54) is 12.1 Å². The molecule has 28 heavy (non-hydrogen) atoms. The molecule has 148 valence electrons. The number of hydrogen-bond acceptors (Lipinski definition) is 3. The SMILES string of the molecule is O=C1NCCCCC1N(Cc1ccc(F)cc1)C(=O)COCc1ccccc1. The fourth-order valence-corrected chi connectivity index (χ4v) is 3.29. The number of rotatable bonds is 7. The first-order chi connectivity index (χ1) is 13.6. The lowest BCUT2D eigenvalue weighted by Gasteiger charge is -2.30. The molecule has 1 aliphatic rings. The molecule has 0 saturated carbocycles. The van der Waals surface area contributed by atoms with Gasteiger partial charge in [-0.05, 0) is 42.5 Å². The summed E-state index contributed by atoms with van der Waals surface area (Å²) in [5, 5.41) is 2.87. The number of benzene rings is 2. The summed E-state index contributed by atoms with van der Waals surface area (Å²) in [5.74, 6) is -0.724. The number of nitrogens with zero attached hydrogens (tertiary/aromatic N) is 1. The van der Waals surface area contributed by atoms with Gasteiger partial charge in [0, 0.05) is 13.1 Å². The average Bonchev–Trinajstić information content (AvgIpc) is 2.92. The maximum atomic E-state index is 13.2. The van der Waals surface area contributed by atoms with Crippen LogP contribution in [0.4, 0.5) is 4.39 Å². The monoisotopic (exact) mass is 384 g/mol. The third-order valence-electron chi connectivity index (χ3n) is 4.81. The quantitative estimate of drug-likeness (QED) is 0.798. The van der Waals surface area contributed by atoms with Crippen molar-refractivity contribution >= 4 is 11.8 Å². The van der Waals surface area contributed by atoms with Gasteiger partial charge in [0.2, 0.25) is 11.8 Å². The maximum Gasteiger partial charge on any atom is 0.249 e. The molecular weight excluding hydrogens is 359 g/mol. The molecule has 0 aromatic heterocycles. The predicted octanol–water partition coefficient (Wildman–Crippen LogP) is 3.04. The summed E-state index contributed by atoms with van der Waals surface area (Å²) in [6.45, 7) is 1.08. The lowest BCUT2D eigenvalue weighted by molar-refractivity contribution is -0.145. The minimum Gasteiger partial charge on any atom is -0.367 e. The van der Waals surface area contributed by atoms with E-state index >= 15 is 0 Å². The maximum absolute atomic E-state index is 13.2. The topological polar surface area (TPSA) is 58.6 Å². The van der Waals surface area contributed by atoms with Crippen LogP contribution in [-0.2, 0) is 27.5 Å². The second-order valence-electron chi connectivity index (χ2n) is 6.93. The molecule has 1 aliphatic heterocycles. The highest BCUT2D eigenvalue weighted by atomic mass is 19.1. The Hall–Kier alpha value is -2.73. The van der Waals surface area contributed by atoms with Crippen molar-refractivity contribution < 1.29 is 18.7 Å². The van der Waals surface area contributed by atoms with Gasteiger partial charge in [0.25, 0.3) is 0 Å². The van der Waals surface area contributed by atoms with Crippen molar-refractivity contribution in [1.82, 2.24) is 10.2 Å². The van der Waals surface area contributed by atoms with Crippen LogP contribution in [0.5, 0.6) is 0 Å². The molecule has 1 N–H and O–H groups in total. The predicted molar refractivity (Wildman–Crippen MR) is 104 cm³/mol. The van der Waals surface area contributed by atoms with Crippen LogP contribution in [0.25, 0.3) is 0 Å². The number of hydrogen-bond donors (Lipinski definition) is 1. The largest absolute Gasteiger partial charge is 0.367 e. The second kappa shape index (κ2) is 9.99. The fourth-order valence-electron chi connectivity index (χ4n) is 3.29. The van der Waals surface area contributed by atoms with E-state index in [-0.39, 0.29) is 30.8 Å². The molecule has 0 spiro atoms. The molecule has 1 atom stereocenters. The van der Waals surface area contributed by atoms with E-state index in [4.69, 9.17) is 4.74 Å². The van der Waals surface area contributed by atoms with Crippen molar-refractivity contribution in [2.24, 2.45) is 0 Å². The number of carbonyl (C=O) groups is 2. The molecule has 0 bridgehead atoms. The molecule has 1 saturated heterocycles. The molecule has 1 fully saturated rings. The third-order valence-corrected chi connectivity index (χ3v) is 4.81. The van der Waals surface area contributed by atoms with E-state index in [0.29, 0.717) is 19.6 Å². The van der Waals surface area contributed by atoms with Crippen LogP contribution in [0.15, 0.2) is 54.6 Å². The van der Waals surface area contributed by atoms with Crippen molar-refractivity contribution in [2.75, 3.05) is 13.2 Å². The Bertz CT molecular complexity index is 780. The van der Waals surface area contributed by atoms with Gasteiger partial charge in [0.15, 0.2) is 0 Å². The Balaban J connectivity index is 1.69. The van der Waals surface area contributed by atoms with Crippen LogP contribution in [0.1, 0.15) is 30.4 Å². The average molecular weight is 384 g/mol. The summed E-state index contributed by atoms with van der Waals surface area (Å²) in [4.78, 5) is 27.0. The molecule has 1 heterocycles. The van der Waals surface area contributed by atoms with E-state index in [1.807, 2.05) is 30.3 Å². The van der Waals surface area contributed by atoms with Gasteiger partial charge < -0.3 is 15.0 Å². The van der Waals surface area contributed by atoms with Gasteiger partial charge in [-0.25, -0.2) is 4.39 Å². The Morgan fingerprint density at radius 2 is 1.82 bits per heavy atom. The zero-order valence-corrected chi connectivity index (χ0v) is 15.8. The van der Waals surface area contributed by atoms with Crippen molar-refractivity contribution in [3.05, 3.63) is 71.5 Å². The summed E-state index contributed by atoms with van der Waals surface area (Å²) in [6.07, 6.45) is 2.37. The Morgan fingerprint density at radius 3 is 2.57 bits per heavy atom. The standard InChI is InChI=1S/C22H25FN2O3/c23-19-11-9-17(10-12-19)14-25(20-8-4-5-13-24-22(20)27)21(26)16-28-15-18-6-2-1-3-7-18/h1-3,6-7,9-12,20H,4-5,8,13-16H2,(H,24,27). The summed E-state index contributed by atoms with van der Waals surface area (Å²) < 4.78 is 18.8. The van der Waals surface area contributed by atoms with Gasteiger partial charge in [0.05, 0.1) is 6.61 Å². The Labute approximate surface area is 164 Å². The number of halogens is 1. The number of amides is 2. The van der Waals surface area contributed by atoms with Gasteiger partial charge in [-0.1, -0.05) is 42.5 Å². The van der Waals surface area contributed by atoms with Gasteiger partial charge in [-0.2, -0.15) is 0 Å². The molecular formula is C22H25FN2O3.